The molecule has 2 unspecified atom stereocenters. The largest absolute Gasteiger partial charge is 0.532 e. The maximum atomic E-state index is 13.7. The lowest BCUT2D eigenvalue weighted by Gasteiger charge is -2.42. The van der Waals surface area contributed by atoms with E-state index in [2.05, 4.69) is 33.9 Å². The van der Waals surface area contributed by atoms with Crippen molar-refractivity contribution in [3.63, 3.8) is 0 Å². The number of nitrogens with zero attached hydrogens (tertiary/aromatic N) is 1. The number of allylic oxidation sites excluding steroid dienone is 2. The smallest absolute Gasteiger partial charge is 0.311 e. The number of hydrogen-bond donors (Lipinski definition) is 0. The van der Waals surface area contributed by atoms with Gasteiger partial charge in [0.2, 0.25) is 0 Å². The molecule has 0 saturated carbocycles. The SMILES string of the molecule is C/C=C(\O[Si](C)(C)C(C)(C)C)N(C(=O)c1ccccc1)C1C=CCCC1C(=O)OC. The van der Waals surface area contributed by atoms with E-state index in [-0.39, 0.29) is 16.9 Å². The highest BCUT2D eigenvalue weighted by atomic mass is 28.4. The van der Waals surface area contributed by atoms with Crippen LogP contribution in [0, 0.1) is 5.92 Å². The molecule has 30 heavy (non-hydrogen) atoms. The van der Waals surface area contributed by atoms with E-state index in [0.29, 0.717) is 17.9 Å². The second-order valence-electron chi connectivity index (χ2n) is 9.16. The van der Waals surface area contributed by atoms with Crippen LogP contribution in [0.4, 0.5) is 0 Å². The summed E-state index contributed by atoms with van der Waals surface area (Å²) in [5, 5.41) is -0.0348. The van der Waals surface area contributed by atoms with Crippen molar-refractivity contribution in [3.8, 4) is 0 Å². The first-order valence-corrected chi connectivity index (χ1v) is 13.4. The molecule has 0 heterocycles. The molecule has 0 aliphatic heterocycles. The molecule has 2 atom stereocenters. The summed E-state index contributed by atoms with van der Waals surface area (Å²) in [5.41, 5.74) is 0.554. The lowest BCUT2D eigenvalue weighted by molar-refractivity contribution is -0.147. The predicted molar refractivity (Wildman–Crippen MR) is 122 cm³/mol. The van der Waals surface area contributed by atoms with Gasteiger partial charge >= 0.3 is 5.97 Å². The molecule has 0 radical (unpaired) electrons. The molecule has 1 amide bonds. The molecular weight excluding hydrogens is 394 g/mol. The molecule has 164 valence electrons. The highest BCUT2D eigenvalue weighted by molar-refractivity contribution is 6.74. The summed E-state index contributed by atoms with van der Waals surface area (Å²) in [4.78, 5) is 27.9. The van der Waals surface area contributed by atoms with Gasteiger partial charge < -0.3 is 9.16 Å². The van der Waals surface area contributed by atoms with Gasteiger partial charge in [-0.15, -0.1) is 0 Å². The maximum Gasteiger partial charge on any atom is 0.311 e. The van der Waals surface area contributed by atoms with E-state index in [1.165, 1.54) is 7.11 Å². The number of carbonyl (C=O) groups is 2. The number of ether oxygens (including phenoxy) is 1. The molecule has 0 fully saturated rings. The number of hydrogen-bond acceptors (Lipinski definition) is 4. The van der Waals surface area contributed by atoms with E-state index in [0.717, 1.165) is 6.42 Å². The van der Waals surface area contributed by atoms with Crippen LogP contribution in [-0.4, -0.2) is 38.2 Å². The molecule has 1 aromatic rings. The summed E-state index contributed by atoms with van der Waals surface area (Å²) in [7, 11) is -0.829. The van der Waals surface area contributed by atoms with E-state index in [1.807, 2.05) is 43.4 Å². The molecule has 0 saturated heterocycles. The van der Waals surface area contributed by atoms with Crippen molar-refractivity contribution in [3.05, 3.63) is 60.0 Å². The average molecular weight is 430 g/mol. The summed E-state index contributed by atoms with van der Waals surface area (Å²) in [6.45, 7) is 12.6. The summed E-state index contributed by atoms with van der Waals surface area (Å²) in [6.07, 6.45) is 7.19. The Kier molecular flexibility index (Phi) is 7.69. The Morgan fingerprint density at radius 2 is 1.80 bits per heavy atom. The topological polar surface area (TPSA) is 55.8 Å². The molecular formula is C24H35NO4Si. The van der Waals surface area contributed by atoms with E-state index in [1.54, 1.807) is 17.0 Å². The first-order valence-electron chi connectivity index (χ1n) is 10.5. The summed E-state index contributed by atoms with van der Waals surface area (Å²) in [6, 6.07) is 8.66. The number of methoxy groups -OCH3 is 1. The van der Waals surface area contributed by atoms with Gasteiger partial charge in [0.15, 0.2) is 5.88 Å². The fourth-order valence-corrected chi connectivity index (χ4v) is 4.30. The molecule has 2 rings (SSSR count). The second kappa shape index (κ2) is 9.64. The molecule has 0 N–H and O–H groups in total. The van der Waals surface area contributed by atoms with Crippen molar-refractivity contribution in [2.75, 3.05) is 7.11 Å². The lowest BCUT2D eigenvalue weighted by atomic mass is 9.88. The predicted octanol–water partition coefficient (Wildman–Crippen LogP) is 5.52. The second-order valence-corrected chi connectivity index (χ2v) is 13.9. The zero-order valence-corrected chi connectivity index (χ0v) is 20.3. The number of benzene rings is 1. The number of carbonyl (C=O) groups excluding carboxylic acids is 2. The number of rotatable bonds is 6. The van der Waals surface area contributed by atoms with Gasteiger partial charge in [0.25, 0.3) is 14.2 Å². The third-order valence-corrected chi connectivity index (χ3v) is 10.4. The molecule has 0 aromatic heterocycles. The molecule has 0 bridgehead atoms. The zero-order chi connectivity index (χ0) is 22.5. The van der Waals surface area contributed by atoms with Crippen LogP contribution in [0.2, 0.25) is 18.1 Å². The molecule has 1 aromatic carbocycles. The quantitative estimate of drug-likeness (QED) is 0.259. The molecule has 5 nitrogen and oxygen atoms in total. The van der Waals surface area contributed by atoms with Gasteiger partial charge in [-0.2, -0.15) is 0 Å². The lowest BCUT2D eigenvalue weighted by Crippen LogP contribution is -2.50. The van der Waals surface area contributed by atoms with Crippen molar-refractivity contribution >= 4 is 20.2 Å². The Bertz CT molecular complexity index is 808. The van der Waals surface area contributed by atoms with Gasteiger partial charge in [-0.05, 0) is 56.1 Å². The Morgan fingerprint density at radius 3 is 2.33 bits per heavy atom. The first-order chi connectivity index (χ1) is 14.0. The zero-order valence-electron chi connectivity index (χ0n) is 19.3. The highest BCUT2D eigenvalue weighted by Crippen LogP contribution is 2.39. The van der Waals surface area contributed by atoms with E-state index in [4.69, 9.17) is 9.16 Å². The van der Waals surface area contributed by atoms with Crippen LogP contribution in [-0.2, 0) is 14.0 Å². The van der Waals surface area contributed by atoms with Crippen LogP contribution in [0.5, 0.6) is 0 Å². The van der Waals surface area contributed by atoms with Gasteiger partial charge in [0, 0.05) is 5.56 Å². The van der Waals surface area contributed by atoms with Crippen LogP contribution >= 0.6 is 0 Å². The summed E-state index contributed by atoms with van der Waals surface area (Å²) in [5.74, 6) is -0.433. The standard InChI is InChI=1S/C24H35NO4Si/c1-8-21(29-30(6,7)24(2,3)4)25(22(26)18-14-10-9-11-15-18)20-17-13-12-16-19(20)23(27)28-5/h8-11,13-15,17,19-20H,12,16H2,1-7H3/b21-8-. The normalized spacial score (nSPS) is 19.9. The number of amides is 1. The Hall–Kier alpha value is -2.34. The average Bonchev–Trinajstić information content (AvgIpc) is 2.72. The van der Waals surface area contributed by atoms with Gasteiger partial charge in [0.05, 0.1) is 19.1 Å². The summed E-state index contributed by atoms with van der Waals surface area (Å²) < 4.78 is 11.7. The first kappa shape index (κ1) is 23.9. The highest BCUT2D eigenvalue weighted by Gasteiger charge is 2.43. The molecule has 1 aliphatic carbocycles. The van der Waals surface area contributed by atoms with Gasteiger partial charge in [0.1, 0.15) is 0 Å². The van der Waals surface area contributed by atoms with Crippen molar-refractivity contribution in [1.82, 2.24) is 4.90 Å². The Balaban J connectivity index is 2.55. The summed E-state index contributed by atoms with van der Waals surface area (Å²) >= 11 is 0. The van der Waals surface area contributed by atoms with Crippen LogP contribution in [0.25, 0.3) is 0 Å². The van der Waals surface area contributed by atoms with Gasteiger partial charge in [-0.3, -0.25) is 14.5 Å². The Morgan fingerprint density at radius 1 is 1.17 bits per heavy atom. The van der Waals surface area contributed by atoms with Crippen molar-refractivity contribution in [2.24, 2.45) is 5.92 Å². The third kappa shape index (κ3) is 5.22. The maximum absolute atomic E-state index is 13.7. The van der Waals surface area contributed by atoms with Crippen molar-refractivity contribution in [1.29, 1.82) is 0 Å². The van der Waals surface area contributed by atoms with Crippen LogP contribution in [0.3, 0.4) is 0 Å². The molecule has 1 aliphatic rings. The van der Waals surface area contributed by atoms with E-state index in [9.17, 15) is 9.59 Å². The molecule has 0 spiro atoms. The van der Waals surface area contributed by atoms with Crippen LogP contribution in [0.15, 0.2) is 54.4 Å². The van der Waals surface area contributed by atoms with Gasteiger partial charge in [-0.25, -0.2) is 0 Å². The van der Waals surface area contributed by atoms with Crippen LogP contribution < -0.4 is 0 Å². The van der Waals surface area contributed by atoms with E-state index >= 15 is 0 Å². The molecule has 6 heteroatoms. The Labute approximate surface area is 181 Å². The van der Waals surface area contributed by atoms with Crippen molar-refractivity contribution < 1.29 is 18.8 Å². The fourth-order valence-electron chi connectivity index (χ4n) is 3.25. The number of esters is 1. The minimum Gasteiger partial charge on any atom is -0.532 e. The minimum atomic E-state index is -2.22. The van der Waals surface area contributed by atoms with Crippen LogP contribution in [0.1, 0.15) is 50.9 Å². The van der Waals surface area contributed by atoms with E-state index < -0.39 is 20.3 Å². The van der Waals surface area contributed by atoms with Gasteiger partial charge in [-0.1, -0.05) is 51.1 Å². The third-order valence-electron chi connectivity index (χ3n) is 6.08. The fraction of sp³-hybridized carbons (Fsp3) is 0.500. The minimum absolute atomic E-state index is 0.0348. The monoisotopic (exact) mass is 429 g/mol. The van der Waals surface area contributed by atoms with Crippen molar-refractivity contribution in [2.45, 2.75) is 64.7 Å².